The van der Waals surface area contributed by atoms with Crippen LogP contribution in [0.3, 0.4) is 0 Å². The van der Waals surface area contributed by atoms with E-state index in [9.17, 15) is 0 Å². The van der Waals surface area contributed by atoms with E-state index in [4.69, 9.17) is 15.0 Å². The number of rotatable bonds is 4. The molecule has 3 unspecified atom stereocenters. The summed E-state index contributed by atoms with van der Waals surface area (Å²) < 4.78 is 2.50. The monoisotopic (exact) mass is 767 g/mol. The number of fused-ring (bicyclic) bond motifs is 10. The number of hydrogen-bond donors (Lipinski definition) is 0. The minimum Gasteiger partial charge on any atom is -0.208 e. The fourth-order valence-electron chi connectivity index (χ4n) is 11.6. The van der Waals surface area contributed by atoms with Gasteiger partial charge in [0.05, 0.1) is 0 Å². The molecule has 1 fully saturated rings. The molecular formula is C54H45N3S. The molecule has 5 aliphatic rings. The molecule has 0 amide bonds. The molecule has 4 heteroatoms. The van der Waals surface area contributed by atoms with Gasteiger partial charge < -0.3 is 0 Å². The van der Waals surface area contributed by atoms with Gasteiger partial charge in [-0.05, 0) is 82.4 Å². The summed E-state index contributed by atoms with van der Waals surface area (Å²) >= 11 is 1.84. The second-order valence-corrected chi connectivity index (χ2v) is 18.8. The molecule has 0 N–H and O–H groups in total. The number of benzene rings is 5. The van der Waals surface area contributed by atoms with E-state index >= 15 is 0 Å². The zero-order valence-corrected chi connectivity index (χ0v) is 33.9. The molecule has 12 rings (SSSR count). The first-order valence-corrected chi connectivity index (χ1v) is 22.1. The summed E-state index contributed by atoms with van der Waals surface area (Å²) in [7, 11) is 0. The van der Waals surface area contributed by atoms with Crippen LogP contribution in [0.25, 0.3) is 54.3 Å². The van der Waals surface area contributed by atoms with Crippen molar-refractivity contribution in [3.05, 3.63) is 185 Å². The largest absolute Gasteiger partial charge is 0.208 e. The Morgan fingerprint density at radius 1 is 0.655 bits per heavy atom. The van der Waals surface area contributed by atoms with E-state index in [-0.39, 0.29) is 10.8 Å². The molecule has 0 aliphatic heterocycles. The predicted molar refractivity (Wildman–Crippen MR) is 240 cm³/mol. The maximum absolute atomic E-state index is 5.11. The maximum Gasteiger partial charge on any atom is 0.165 e. The molecule has 2 aromatic heterocycles. The number of hydrogen-bond acceptors (Lipinski definition) is 4. The Morgan fingerprint density at radius 3 is 2.12 bits per heavy atom. The molecule has 7 aromatic rings. The molecule has 2 heterocycles. The smallest absolute Gasteiger partial charge is 0.165 e. The van der Waals surface area contributed by atoms with Crippen LogP contribution in [0.1, 0.15) is 80.9 Å². The van der Waals surface area contributed by atoms with E-state index in [0.717, 1.165) is 23.1 Å². The average Bonchev–Trinajstić information content (AvgIpc) is 3.86. The Labute approximate surface area is 344 Å². The van der Waals surface area contributed by atoms with Crippen molar-refractivity contribution in [2.24, 2.45) is 11.3 Å². The maximum atomic E-state index is 5.11. The number of thiophene rings is 1. The van der Waals surface area contributed by atoms with Gasteiger partial charge in [0.2, 0.25) is 0 Å². The third kappa shape index (κ3) is 5.07. The van der Waals surface area contributed by atoms with Crippen LogP contribution in [0.5, 0.6) is 0 Å². The summed E-state index contributed by atoms with van der Waals surface area (Å²) in [4.78, 5) is 15.2. The van der Waals surface area contributed by atoms with Crippen molar-refractivity contribution < 1.29 is 0 Å². The summed E-state index contributed by atoms with van der Waals surface area (Å²) in [5, 5.41) is 2.57. The van der Waals surface area contributed by atoms with Gasteiger partial charge in [-0.25, -0.2) is 15.0 Å². The van der Waals surface area contributed by atoms with Gasteiger partial charge in [0.1, 0.15) is 0 Å². The van der Waals surface area contributed by atoms with Gasteiger partial charge in [0.15, 0.2) is 17.5 Å². The molecule has 5 aromatic carbocycles. The first-order chi connectivity index (χ1) is 28.5. The van der Waals surface area contributed by atoms with Crippen molar-refractivity contribution in [3.8, 4) is 34.2 Å². The van der Waals surface area contributed by atoms with E-state index in [1.807, 2.05) is 47.7 Å². The van der Waals surface area contributed by atoms with Crippen LogP contribution in [-0.4, -0.2) is 15.0 Å². The van der Waals surface area contributed by atoms with E-state index in [0.29, 0.717) is 35.2 Å². The first-order valence-electron chi connectivity index (χ1n) is 21.2. The third-order valence-corrected chi connectivity index (χ3v) is 15.6. The van der Waals surface area contributed by atoms with Gasteiger partial charge in [0, 0.05) is 59.5 Å². The van der Waals surface area contributed by atoms with Crippen LogP contribution < -0.4 is 0 Å². The zero-order chi connectivity index (χ0) is 38.6. The van der Waals surface area contributed by atoms with Crippen LogP contribution >= 0.6 is 11.3 Å². The molecule has 0 bridgehead atoms. The topological polar surface area (TPSA) is 38.7 Å². The quantitative estimate of drug-likeness (QED) is 0.179. The summed E-state index contributed by atoms with van der Waals surface area (Å²) in [5.74, 6) is 3.44. The molecule has 58 heavy (non-hydrogen) atoms. The van der Waals surface area contributed by atoms with Crippen molar-refractivity contribution in [2.45, 2.75) is 69.6 Å². The Hall–Kier alpha value is -5.71. The van der Waals surface area contributed by atoms with Crippen molar-refractivity contribution >= 4 is 31.5 Å². The molecule has 3 atom stereocenters. The fraction of sp³-hybridized carbons (Fsp3) is 0.241. The van der Waals surface area contributed by atoms with E-state index in [1.165, 1.54) is 63.4 Å². The van der Waals surface area contributed by atoms with Crippen LogP contribution in [-0.2, 0) is 5.41 Å². The van der Waals surface area contributed by atoms with E-state index in [1.54, 1.807) is 27.8 Å². The third-order valence-electron chi connectivity index (χ3n) is 14.4. The lowest BCUT2D eigenvalue weighted by Gasteiger charge is -2.42. The van der Waals surface area contributed by atoms with E-state index in [2.05, 4.69) is 123 Å². The minimum atomic E-state index is 0.00453. The van der Waals surface area contributed by atoms with Gasteiger partial charge in [0.25, 0.3) is 0 Å². The predicted octanol–water partition coefficient (Wildman–Crippen LogP) is 14.1. The molecule has 0 radical (unpaired) electrons. The van der Waals surface area contributed by atoms with E-state index < -0.39 is 0 Å². The molecule has 1 saturated carbocycles. The van der Waals surface area contributed by atoms with Crippen LogP contribution in [0.15, 0.2) is 168 Å². The SMILES string of the molecule is CC1(C)C2=CC3c4ccccc4C4(CCCCC4)C3C=C2C2=C1C=CC(c1ccc3sc4c(-c5nc(-c6ccccc6)nc(-c6ccccc6)n5)cccc4c3c1)C2. The summed E-state index contributed by atoms with van der Waals surface area (Å²) in [6.45, 7) is 4.94. The summed E-state index contributed by atoms with van der Waals surface area (Å²) in [6.07, 6.45) is 18.3. The minimum absolute atomic E-state index is 0.00453. The van der Waals surface area contributed by atoms with Gasteiger partial charge in [-0.1, -0.05) is 161 Å². The standard InChI is InChI=1S/C54H45N3S/c1-53(2)44-25-23-35(29-40(44)42-32-47-41(31-46(42)53)37-19-10-11-22-45(37)54(47)27-12-5-13-28-54)36-24-26-48-43(30-36)38-20-14-21-39(49(38)58-48)52-56-50(33-15-6-3-7-16-33)55-51(57-52)34-17-8-4-9-18-34/h3-4,6-11,14-26,30-32,35,41,47H,5,12-13,27-29H2,1-2H3. The van der Waals surface area contributed by atoms with Crippen LogP contribution in [0.4, 0.5) is 0 Å². The van der Waals surface area contributed by atoms with Crippen molar-refractivity contribution in [2.75, 3.05) is 0 Å². The first kappa shape index (κ1) is 34.3. The lowest BCUT2D eigenvalue weighted by atomic mass is 9.62. The normalized spacial score (nSPS) is 22.4. The van der Waals surface area contributed by atoms with Crippen molar-refractivity contribution in [3.63, 3.8) is 0 Å². The second-order valence-electron chi connectivity index (χ2n) is 17.8. The Morgan fingerprint density at radius 2 is 1.36 bits per heavy atom. The van der Waals surface area contributed by atoms with Gasteiger partial charge in [-0.2, -0.15) is 0 Å². The molecule has 0 saturated heterocycles. The highest BCUT2D eigenvalue weighted by atomic mass is 32.1. The fourth-order valence-corrected chi connectivity index (χ4v) is 12.8. The average molecular weight is 768 g/mol. The van der Waals surface area contributed by atoms with Crippen LogP contribution in [0, 0.1) is 11.3 Å². The summed E-state index contributed by atoms with van der Waals surface area (Å²) in [6, 6.07) is 43.8. The molecule has 3 nitrogen and oxygen atoms in total. The lowest BCUT2D eigenvalue weighted by Crippen LogP contribution is -2.35. The number of allylic oxidation sites excluding steroid dienone is 8. The zero-order valence-electron chi connectivity index (χ0n) is 33.1. The van der Waals surface area contributed by atoms with Gasteiger partial charge in [-0.15, -0.1) is 11.3 Å². The van der Waals surface area contributed by atoms with Crippen molar-refractivity contribution in [1.82, 2.24) is 15.0 Å². The second kappa shape index (κ2) is 12.9. The Balaban J connectivity index is 0.920. The Bertz CT molecular complexity index is 2880. The van der Waals surface area contributed by atoms with Gasteiger partial charge in [-0.3, -0.25) is 0 Å². The number of aromatic nitrogens is 3. The number of nitrogens with zero attached hydrogens (tertiary/aromatic N) is 3. The molecular weight excluding hydrogens is 723 g/mol. The molecule has 282 valence electrons. The lowest BCUT2D eigenvalue weighted by molar-refractivity contribution is 0.232. The molecule has 1 spiro atoms. The van der Waals surface area contributed by atoms with Crippen LogP contribution in [0.2, 0.25) is 0 Å². The van der Waals surface area contributed by atoms with Gasteiger partial charge >= 0.3 is 0 Å². The van der Waals surface area contributed by atoms with Crippen molar-refractivity contribution in [1.29, 1.82) is 0 Å². The Kier molecular flexibility index (Phi) is 7.64. The highest BCUT2D eigenvalue weighted by molar-refractivity contribution is 7.26. The molecule has 5 aliphatic carbocycles. The summed E-state index contributed by atoms with van der Waals surface area (Å²) in [5.41, 5.74) is 14.1. The highest BCUT2D eigenvalue weighted by Gasteiger charge is 2.54. The highest BCUT2D eigenvalue weighted by Crippen LogP contribution is 2.65.